The van der Waals surface area contributed by atoms with Gasteiger partial charge < -0.3 is 5.32 Å². The van der Waals surface area contributed by atoms with Crippen LogP contribution in [0.5, 0.6) is 0 Å². The number of amides is 1. The second kappa shape index (κ2) is 5.78. The number of carbonyl (C=O) groups is 1. The van der Waals surface area contributed by atoms with Crippen LogP contribution in [-0.2, 0) is 6.42 Å². The molecule has 2 aromatic rings. The highest BCUT2D eigenvalue weighted by Crippen LogP contribution is 2.12. The van der Waals surface area contributed by atoms with Crippen LogP contribution in [0.1, 0.15) is 21.6 Å². The lowest BCUT2D eigenvalue weighted by Gasteiger charge is -2.07. The minimum absolute atomic E-state index is 0.182. The predicted molar refractivity (Wildman–Crippen MR) is 72.7 cm³/mol. The number of hydrogen-bond acceptors (Lipinski definition) is 3. The largest absolute Gasteiger partial charge is 0.322 e. The zero-order valence-corrected chi connectivity index (χ0v) is 10.6. The Hall–Kier alpha value is -2.67. The van der Waals surface area contributed by atoms with Gasteiger partial charge in [0.1, 0.15) is 0 Å². The van der Waals surface area contributed by atoms with Gasteiger partial charge in [-0.15, -0.1) is 0 Å². The maximum atomic E-state index is 12.0. The van der Waals surface area contributed by atoms with Crippen LogP contribution < -0.4 is 5.32 Å². The van der Waals surface area contributed by atoms with Gasteiger partial charge in [-0.2, -0.15) is 5.26 Å². The van der Waals surface area contributed by atoms with Crippen LogP contribution in [0.4, 0.5) is 5.69 Å². The Morgan fingerprint density at radius 3 is 2.68 bits per heavy atom. The molecule has 1 aromatic carbocycles. The summed E-state index contributed by atoms with van der Waals surface area (Å²) in [5.74, 6) is -0.182. The van der Waals surface area contributed by atoms with Gasteiger partial charge in [0.25, 0.3) is 5.91 Å². The average Bonchev–Trinajstić information content (AvgIpc) is 2.42. The van der Waals surface area contributed by atoms with Crippen molar-refractivity contribution in [3.05, 3.63) is 59.4 Å². The molecule has 0 aliphatic rings. The Balaban J connectivity index is 2.11. The van der Waals surface area contributed by atoms with Crippen molar-refractivity contribution in [2.75, 3.05) is 5.32 Å². The van der Waals surface area contributed by atoms with E-state index in [1.807, 2.05) is 12.1 Å². The first-order chi connectivity index (χ1) is 9.20. The molecule has 0 fully saturated rings. The molecule has 4 nitrogen and oxygen atoms in total. The number of benzene rings is 1. The van der Waals surface area contributed by atoms with Crippen LogP contribution in [0.3, 0.4) is 0 Å². The zero-order valence-electron chi connectivity index (χ0n) is 10.6. The minimum atomic E-state index is -0.182. The number of aryl methyl sites for hydroxylation is 1. The van der Waals surface area contributed by atoms with Gasteiger partial charge in [-0.25, -0.2) is 0 Å². The van der Waals surface area contributed by atoms with E-state index in [1.165, 1.54) is 0 Å². The van der Waals surface area contributed by atoms with E-state index in [0.717, 1.165) is 5.56 Å². The molecular weight excluding hydrogens is 238 g/mol. The quantitative estimate of drug-likeness (QED) is 0.912. The highest BCUT2D eigenvalue weighted by Gasteiger charge is 2.09. The molecule has 0 spiro atoms. The molecule has 0 saturated heterocycles. The number of nitriles is 1. The summed E-state index contributed by atoms with van der Waals surface area (Å²) in [6, 6.07) is 12.8. The first kappa shape index (κ1) is 12.8. The van der Waals surface area contributed by atoms with E-state index in [-0.39, 0.29) is 5.91 Å². The number of carbonyl (C=O) groups excluding carboxylic acids is 1. The fourth-order valence-electron chi connectivity index (χ4n) is 1.72. The summed E-state index contributed by atoms with van der Waals surface area (Å²) in [7, 11) is 0. The Bertz CT molecular complexity index is 627. The Morgan fingerprint density at radius 1 is 1.32 bits per heavy atom. The Kier molecular flexibility index (Phi) is 3.89. The van der Waals surface area contributed by atoms with Crippen LogP contribution in [0, 0.1) is 18.3 Å². The van der Waals surface area contributed by atoms with Crippen molar-refractivity contribution in [3.63, 3.8) is 0 Å². The standard InChI is InChI=1S/C15H13N3O/c1-11-14(3-2-10-17-11)15(19)18-13-6-4-12(5-7-13)8-9-16/h2-7,10H,8H2,1H3,(H,18,19). The van der Waals surface area contributed by atoms with E-state index in [1.54, 1.807) is 37.4 Å². The lowest BCUT2D eigenvalue weighted by atomic mass is 10.1. The molecule has 0 unspecified atom stereocenters. The summed E-state index contributed by atoms with van der Waals surface area (Å²) >= 11 is 0. The van der Waals surface area contributed by atoms with Crippen molar-refractivity contribution in [3.8, 4) is 6.07 Å². The molecule has 2 rings (SSSR count). The fraction of sp³-hybridized carbons (Fsp3) is 0.133. The summed E-state index contributed by atoms with van der Waals surface area (Å²) in [4.78, 5) is 16.1. The zero-order chi connectivity index (χ0) is 13.7. The third-order valence-electron chi connectivity index (χ3n) is 2.75. The number of aromatic nitrogens is 1. The van der Waals surface area contributed by atoms with E-state index in [2.05, 4.69) is 16.4 Å². The third kappa shape index (κ3) is 3.17. The second-order valence-corrected chi connectivity index (χ2v) is 4.12. The maximum Gasteiger partial charge on any atom is 0.257 e. The second-order valence-electron chi connectivity index (χ2n) is 4.12. The molecule has 1 heterocycles. The van der Waals surface area contributed by atoms with E-state index in [4.69, 9.17) is 5.26 Å². The normalized spacial score (nSPS) is 9.68. The van der Waals surface area contributed by atoms with Gasteiger partial charge in [-0.1, -0.05) is 12.1 Å². The van der Waals surface area contributed by atoms with E-state index >= 15 is 0 Å². The van der Waals surface area contributed by atoms with Crippen LogP contribution >= 0.6 is 0 Å². The van der Waals surface area contributed by atoms with Gasteiger partial charge in [-0.3, -0.25) is 9.78 Å². The van der Waals surface area contributed by atoms with E-state index in [9.17, 15) is 4.79 Å². The summed E-state index contributed by atoms with van der Waals surface area (Å²) in [6.07, 6.45) is 2.03. The van der Waals surface area contributed by atoms with Gasteiger partial charge in [0.05, 0.1) is 18.1 Å². The lowest BCUT2D eigenvalue weighted by molar-refractivity contribution is 0.102. The number of rotatable bonds is 3. The van der Waals surface area contributed by atoms with Crippen molar-refractivity contribution in [1.82, 2.24) is 4.98 Å². The lowest BCUT2D eigenvalue weighted by Crippen LogP contribution is -2.13. The van der Waals surface area contributed by atoms with Crippen LogP contribution in [0.15, 0.2) is 42.6 Å². The smallest absolute Gasteiger partial charge is 0.257 e. The fourth-order valence-corrected chi connectivity index (χ4v) is 1.72. The SMILES string of the molecule is Cc1ncccc1C(=O)Nc1ccc(CC#N)cc1. The van der Waals surface area contributed by atoms with Crippen molar-refractivity contribution in [2.24, 2.45) is 0 Å². The predicted octanol–water partition coefficient (Wildman–Crippen LogP) is 2.71. The number of nitrogens with zero attached hydrogens (tertiary/aromatic N) is 2. The molecule has 94 valence electrons. The van der Waals surface area contributed by atoms with E-state index in [0.29, 0.717) is 23.4 Å². The van der Waals surface area contributed by atoms with Crippen molar-refractivity contribution >= 4 is 11.6 Å². The molecule has 0 saturated carbocycles. The summed E-state index contributed by atoms with van der Waals surface area (Å²) in [6.45, 7) is 1.80. The molecule has 19 heavy (non-hydrogen) atoms. The highest BCUT2D eigenvalue weighted by atomic mass is 16.1. The molecule has 0 atom stereocenters. The first-order valence-corrected chi connectivity index (χ1v) is 5.89. The Labute approximate surface area is 111 Å². The molecule has 0 radical (unpaired) electrons. The van der Waals surface area contributed by atoms with Gasteiger partial charge in [-0.05, 0) is 36.8 Å². The average molecular weight is 251 g/mol. The van der Waals surface area contributed by atoms with Crippen LogP contribution in [0.25, 0.3) is 0 Å². The van der Waals surface area contributed by atoms with Gasteiger partial charge in [0, 0.05) is 17.6 Å². The van der Waals surface area contributed by atoms with Gasteiger partial charge >= 0.3 is 0 Å². The molecule has 1 aromatic heterocycles. The van der Waals surface area contributed by atoms with Crippen molar-refractivity contribution in [2.45, 2.75) is 13.3 Å². The number of anilines is 1. The number of hydrogen-bond donors (Lipinski definition) is 1. The molecule has 0 aliphatic carbocycles. The number of nitrogens with one attached hydrogen (secondary N) is 1. The monoisotopic (exact) mass is 251 g/mol. The maximum absolute atomic E-state index is 12.0. The third-order valence-corrected chi connectivity index (χ3v) is 2.75. The minimum Gasteiger partial charge on any atom is -0.322 e. The molecular formula is C15H13N3O. The first-order valence-electron chi connectivity index (χ1n) is 5.89. The summed E-state index contributed by atoms with van der Waals surface area (Å²) in [5, 5.41) is 11.4. The van der Waals surface area contributed by atoms with E-state index < -0.39 is 0 Å². The molecule has 0 aliphatic heterocycles. The summed E-state index contributed by atoms with van der Waals surface area (Å²) in [5.41, 5.74) is 2.89. The molecule has 4 heteroatoms. The van der Waals surface area contributed by atoms with Gasteiger partial charge in [0.2, 0.25) is 0 Å². The van der Waals surface area contributed by atoms with Crippen molar-refractivity contribution < 1.29 is 4.79 Å². The topological polar surface area (TPSA) is 65.8 Å². The molecule has 1 amide bonds. The van der Waals surface area contributed by atoms with Crippen LogP contribution in [-0.4, -0.2) is 10.9 Å². The van der Waals surface area contributed by atoms with Gasteiger partial charge in [0.15, 0.2) is 0 Å². The van der Waals surface area contributed by atoms with Crippen LogP contribution in [0.2, 0.25) is 0 Å². The highest BCUT2D eigenvalue weighted by molar-refractivity contribution is 6.04. The summed E-state index contributed by atoms with van der Waals surface area (Å²) < 4.78 is 0. The van der Waals surface area contributed by atoms with Crippen molar-refractivity contribution in [1.29, 1.82) is 5.26 Å². The Morgan fingerprint density at radius 2 is 2.05 bits per heavy atom. The molecule has 0 bridgehead atoms. The number of pyridine rings is 1. The molecule has 1 N–H and O–H groups in total.